The number of carbonyl (C=O) groups is 2. The van der Waals surface area contributed by atoms with Crippen molar-refractivity contribution in [2.75, 3.05) is 13.7 Å². The van der Waals surface area contributed by atoms with E-state index in [-0.39, 0.29) is 23.8 Å². The van der Waals surface area contributed by atoms with E-state index in [0.29, 0.717) is 18.7 Å². The molecule has 0 radical (unpaired) electrons. The first-order valence-corrected chi connectivity index (χ1v) is 12.5. The molecule has 1 N–H and O–H groups in total. The van der Waals surface area contributed by atoms with Gasteiger partial charge in [-0.1, -0.05) is 91.3 Å². The van der Waals surface area contributed by atoms with Crippen molar-refractivity contribution < 1.29 is 14.3 Å². The Morgan fingerprint density at radius 2 is 1.54 bits per heavy atom. The maximum absolute atomic E-state index is 13.5. The number of nitrogens with one attached hydrogen (secondary N) is 1. The van der Waals surface area contributed by atoms with Crippen molar-refractivity contribution in [2.45, 2.75) is 45.2 Å². The molecular formula is C29H33BrN2O3. The lowest BCUT2D eigenvalue weighted by Gasteiger charge is -2.31. The number of rotatable bonds is 9. The summed E-state index contributed by atoms with van der Waals surface area (Å²) in [6, 6.07) is 24.6. The average molecular weight is 537 g/mol. The van der Waals surface area contributed by atoms with Crippen molar-refractivity contribution in [3.05, 3.63) is 100 Å². The third-order valence-electron chi connectivity index (χ3n) is 5.87. The highest BCUT2D eigenvalue weighted by molar-refractivity contribution is 9.10. The fraction of sp³-hybridized carbons (Fsp3) is 0.310. The number of nitrogens with zero attached hydrogens (tertiary/aromatic N) is 1. The van der Waals surface area contributed by atoms with Gasteiger partial charge < -0.3 is 15.0 Å². The molecule has 0 spiro atoms. The van der Waals surface area contributed by atoms with Gasteiger partial charge in [-0.15, -0.1) is 0 Å². The van der Waals surface area contributed by atoms with Gasteiger partial charge in [0.15, 0.2) is 6.61 Å². The van der Waals surface area contributed by atoms with Crippen LogP contribution in [-0.2, 0) is 28.0 Å². The van der Waals surface area contributed by atoms with Gasteiger partial charge in [0, 0.05) is 24.5 Å². The van der Waals surface area contributed by atoms with Crippen LogP contribution in [0.4, 0.5) is 0 Å². The molecule has 0 heterocycles. The summed E-state index contributed by atoms with van der Waals surface area (Å²) in [4.78, 5) is 28.0. The summed E-state index contributed by atoms with van der Waals surface area (Å²) in [6.45, 7) is 6.59. The van der Waals surface area contributed by atoms with Crippen LogP contribution in [-0.4, -0.2) is 36.4 Å². The maximum Gasteiger partial charge on any atom is 0.261 e. The van der Waals surface area contributed by atoms with Gasteiger partial charge in [0.05, 0.1) is 0 Å². The minimum atomic E-state index is -0.676. The second kappa shape index (κ2) is 12.0. The first kappa shape index (κ1) is 26.5. The molecule has 3 aromatic carbocycles. The second-order valence-corrected chi connectivity index (χ2v) is 10.4. The lowest BCUT2D eigenvalue weighted by atomic mass is 9.87. The van der Waals surface area contributed by atoms with Gasteiger partial charge in [-0.3, -0.25) is 9.59 Å². The van der Waals surface area contributed by atoms with E-state index in [2.05, 4.69) is 42.0 Å². The molecule has 184 valence electrons. The molecule has 2 amide bonds. The van der Waals surface area contributed by atoms with Crippen molar-refractivity contribution in [3.63, 3.8) is 0 Å². The largest absolute Gasteiger partial charge is 0.484 e. The Kier molecular flexibility index (Phi) is 9.10. The minimum absolute atomic E-state index is 0.0357. The third-order valence-corrected chi connectivity index (χ3v) is 6.39. The molecule has 3 aromatic rings. The summed E-state index contributed by atoms with van der Waals surface area (Å²) in [6.07, 6.45) is 0.406. The summed E-state index contributed by atoms with van der Waals surface area (Å²) in [5.41, 5.74) is 3.13. The fourth-order valence-corrected chi connectivity index (χ4v) is 4.05. The van der Waals surface area contributed by atoms with Gasteiger partial charge in [-0.05, 0) is 46.4 Å². The zero-order valence-electron chi connectivity index (χ0n) is 20.8. The Morgan fingerprint density at radius 3 is 2.11 bits per heavy atom. The van der Waals surface area contributed by atoms with Crippen molar-refractivity contribution in [2.24, 2.45) is 0 Å². The molecule has 0 saturated heterocycles. The zero-order chi connectivity index (χ0) is 25.4. The summed E-state index contributed by atoms with van der Waals surface area (Å²) in [5.74, 6) is 0.153. The molecule has 0 aliphatic heterocycles. The van der Waals surface area contributed by atoms with Gasteiger partial charge >= 0.3 is 0 Å². The summed E-state index contributed by atoms with van der Waals surface area (Å²) in [5, 5.41) is 2.73. The van der Waals surface area contributed by atoms with E-state index in [0.717, 1.165) is 15.6 Å². The van der Waals surface area contributed by atoms with Crippen LogP contribution < -0.4 is 10.1 Å². The van der Waals surface area contributed by atoms with Crippen molar-refractivity contribution >= 4 is 27.7 Å². The second-order valence-electron chi connectivity index (χ2n) is 9.53. The predicted molar refractivity (Wildman–Crippen MR) is 143 cm³/mol. The first-order valence-electron chi connectivity index (χ1n) is 11.7. The molecule has 3 rings (SSSR count). The van der Waals surface area contributed by atoms with Crippen molar-refractivity contribution in [1.82, 2.24) is 10.2 Å². The maximum atomic E-state index is 13.5. The first-order chi connectivity index (χ1) is 16.7. The zero-order valence-corrected chi connectivity index (χ0v) is 22.3. The summed E-state index contributed by atoms with van der Waals surface area (Å²) >= 11 is 3.45. The Balaban J connectivity index is 1.83. The monoisotopic (exact) mass is 536 g/mol. The molecule has 6 heteroatoms. The van der Waals surface area contributed by atoms with Gasteiger partial charge in [0.25, 0.3) is 5.91 Å². The number of benzene rings is 3. The van der Waals surface area contributed by atoms with Crippen LogP contribution >= 0.6 is 15.9 Å². The van der Waals surface area contributed by atoms with Crippen LogP contribution in [0.5, 0.6) is 5.75 Å². The number of ether oxygens (including phenoxy) is 1. The Bertz CT molecular complexity index is 1110. The number of likely N-dealkylation sites (N-methyl/N-ethyl adjacent to an activating group) is 1. The van der Waals surface area contributed by atoms with Crippen LogP contribution in [0, 0.1) is 0 Å². The van der Waals surface area contributed by atoms with E-state index in [1.165, 1.54) is 5.56 Å². The topological polar surface area (TPSA) is 58.6 Å². The Morgan fingerprint density at radius 1 is 0.914 bits per heavy atom. The Hall–Kier alpha value is -3.12. The van der Waals surface area contributed by atoms with E-state index in [1.807, 2.05) is 78.9 Å². The molecule has 35 heavy (non-hydrogen) atoms. The summed E-state index contributed by atoms with van der Waals surface area (Å²) in [7, 11) is 1.59. The van der Waals surface area contributed by atoms with Gasteiger partial charge in [0.2, 0.25) is 5.91 Å². The third kappa shape index (κ3) is 7.69. The number of carbonyl (C=O) groups excluding carboxylic acids is 2. The normalized spacial score (nSPS) is 12.0. The molecule has 1 atom stereocenters. The lowest BCUT2D eigenvalue weighted by Crippen LogP contribution is -2.51. The Labute approximate surface area is 216 Å². The molecule has 0 aliphatic rings. The minimum Gasteiger partial charge on any atom is -0.484 e. The van der Waals surface area contributed by atoms with Gasteiger partial charge in [0.1, 0.15) is 11.8 Å². The molecule has 0 saturated carbocycles. The highest BCUT2D eigenvalue weighted by Gasteiger charge is 2.30. The lowest BCUT2D eigenvalue weighted by molar-refractivity contribution is -0.142. The molecule has 0 aromatic heterocycles. The van der Waals surface area contributed by atoms with E-state index in [9.17, 15) is 9.59 Å². The van der Waals surface area contributed by atoms with Crippen LogP contribution in [0.1, 0.15) is 37.5 Å². The van der Waals surface area contributed by atoms with E-state index < -0.39 is 6.04 Å². The number of halogens is 1. The highest BCUT2D eigenvalue weighted by Crippen LogP contribution is 2.24. The molecule has 0 unspecified atom stereocenters. The number of hydrogen-bond acceptors (Lipinski definition) is 3. The number of hydrogen-bond donors (Lipinski definition) is 1. The van der Waals surface area contributed by atoms with Crippen LogP contribution in [0.25, 0.3) is 0 Å². The molecule has 5 nitrogen and oxygen atoms in total. The standard InChI is InChI=1S/C29H33BrN2O3/c1-29(2,3)23-12-16-25(17-13-23)35-20-27(33)32(19-22-10-14-24(30)15-11-22)26(28(34)31-4)18-21-8-6-5-7-9-21/h5-17,26H,18-20H2,1-4H3,(H,31,34)/t26-/m1/s1. The van der Waals surface area contributed by atoms with Crippen LogP contribution in [0.3, 0.4) is 0 Å². The van der Waals surface area contributed by atoms with E-state index >= 15 is 0 Å². The van der Waals surface area contributed by atoms with Crippen LogP contribution in [0.2, 0.25) is 0 Å². The van der Waals surface area contributed by atoms with E-state index in [4.69, 9.17) is 4.74 Å². The highest BCUT2D eigenvalue weighted by atomic mass is 79.9. The van der Waals surface area contributed by atoms with Crippen LogP contribution in [0.15, 0.2) is 83.3 Å². The van der Waals surface area contributed by atoms with Crippen molar-refractivity contribution in [3.8, 4) is 5.75 Å². The molecule has 0 fully saturated rings. The van der Waals surface area contributed by atoms with Gasteiger partial charge in [-0.2, -0.15) is 0 Å². The fourth-order valence-electron chi connectivity index (χ4n) is 3.79. The predicted octanol–water partition coefficient (Wildman–Crippen LogP) is 5.51. The number of amides is 2. The molecular weight excluding hydrogens is 504 g/mol. The smallest absolute Gasteiger partial charge is 0.261 e. The molecule has 0 bridgehead atoms. The SMILES string of the molecule is CNC(=O)[C@@H](Cc1ccccc1)N(Cc1ccc(Br)cc1)C(=O)COc1ccc(C(C)(C)C)cc1. The molecule has 0 aliphatic carbocycles. The summed E-state index contributed by atoms with van der Waals surface area (Å²) < 4.78 is 6.81. The quantitative estimate of drug-likeness (QED) is 0.392. The van der Waals surface area contributed by atoms with E-state index in [1.54, 1.807) is 11.9 Å². The van der Waals surface area contributed by atoms with Gasteiger partial charge in [-0.25, -0.2) is 0 Å². The average Bonchev–Trinajstić information content (AvgIpc) is 2.85. The van der Waals surface area contributed by atoms with Crippen molar-refractivity contribution in [1.29, 1.82) is 0 Å².